The van der Waals surface area contributed by atoms with E-state index < -0.39 is 0 Å². The standard InChI is InChI=1S/C25H27N3O2S/c1-29-23-14-13-20(17-24(23)30-2)15-16-26-18-27(21-9-5-3-6-10-21)25(31)28(19-26)22-11-7-4-8-12-22/h3-14,17H,15-16,18-19H2,1-2H3. The first kappa shape index (κ1) is 21.2. The molecule has 0 saturated carbocycles. The van der Waals surface area contributed by atoms with Crippen LogP contribution in [-0.4, -0.2) is 44.1 Å². The van der Waals surface area contributed by atoms with Crippen LogP contribution in [0.1, 0.15) is 5.56 Å². The second-order valence-electron chi connectivity index (χ2n) is 7.43. The molecule has 0 aliphatic carbocycles. The van der Waals surface area contributed by atoms with E-state index >= 15 is 0 Å². The fraction of sp³-hybridized carbons (Fsp3) is 0.240. The van der Waals surface area contributed by atoms with Gasteiger partial charge in [-0.25, -0.2) is 0 Å². The quantitative estimate of drug-likeness (QED) is 0.498. The van der Waals surface area contributed by atoms with E-state index in [4.69, 9.17) is 21.7 Å². The minimum Gasteiger partial charge on any atom is -0.493 e. The summed E-state index contributed by atoms with van der Waals surface area (Å²) in [6, 6.07) is 26.8. The lowest BCUT2D eigenvalue weighted by atomic mass is 10.1. The summed E-state index contributed by atoms with van der Waals surface area (Å²) in [7, 11) is 3.33. The van der Waals surface area contributed by atoms with E-state index in [-0.39, 0.29) is 0 Å². The summed E-state index contributed by atoms with van der Waals surface area (Å²) in [6.45, 7) is 2.39. The first-order chi connectivity index (χ1) is 15.2. The van der Waals surface area contributed by atoms with Crippen LogP contribution in [0.15, 0.2) is 78.9 Å². The summed E-state index contributed by atoms with van der Waals surface area (Å²) < 4.78 is 10.8. The SMILES string of the molecule is COc1ccc(CCN2CN(c3ccccc3)C(=S)N(c3ccccc3)C2)cc1OC. The van der Waals surface area contributed by atoms with Gasteiger partial charge in [-0.3, -0.25) is 4.90 Å². The number of nitrogens with zero attached hydrogens (tertiary/aromatic N) is 3. The second-order valence-corrected chi connectivity index (χ2v) is 7.79. The molecule has 5 nitrogen and oxygen atoms in total. The van der Waals surface area contributed by atoms with Gasteiger partial charge >= 0.3 is 0 Å². The van der Waals surface area contributed by atoms with Crippen molar-refractivity contribution in [2.75, 3.05) is 43.9 Å². The Morgan fingerprint density at radius 1 is 0.742 bits per heavy atom. The highest BCUT2D eigenvalue weighted by Gasteiger charge is 2.29. The Kier molecular flexibility index (Phi) is 6.70. The molecule has 1 aliphatic heterocycles. The Balaban J connectivity index is 1.55. The fourth-order valence-electron chi connectivity index (χ4n) is 3.78. The lowest BCUT2D eigenvalue weighted by molar-refractivity contribution is 0.280. The Morgan fingerprint density at radius 3 is 1.81 bits per heavy atom. The molecule has 6 heteroatoms. The van der Waals surface area contributed by atoms with Gasteiger partial charge in [0.05, 0.1) is 27.6 Å². The topological polar surface area (TPSA) is 28.2 Å². The van der Waals surface area contributed by atoms with Crippen molar-refractivity contribution in [3.63, 3.8) is 0 Å². The van der Waals surface area contributed by atoms with Gasteiger partial charge in [0.2, 0.25) is 0 Å². The molecule has 0 aromatic heterocycles. The predicted molar refractivity (Wildman–Crippen MR) is 130 cm³/mol. The summed E-state index contributed by atoms with van der Waals surface area (Å²) in [4.78, 5) is 6.80. The highest BCUT2D eigenvalue weighted by molar-refractivity contribution is 7.80. The third-order valence-corrected chi connectivity index (χ3v) is 5.89. The second kappa shape index (κ2) is 9.81. The van der Waals surface area contributed by atoms with Crippen molar-refractivity contribution in [1.29, 1.82) is 0 Å². The number of benzene rings is 3. The minimum atomic E-state index is 0.749. The molecule has 4 rings (SSSR count). The highest BCUT2D eigenvalue weighted by Crippen LogP contribution is 2.28. The fourth-order valence-corrected chi connectivity index (χ4v) is 4.10. The van der Waals surface area contributed by atoms with Crippen molar-refractivity contribution in [1.82, 2.24) is 4.90 Å². The minimum absolute atomic E-state index is 0.749. The molecular formula is C25H27N3O2S. The molecule has 0 spiro atoms. The van der Waals surface area contributed by atoms with Gasteiger partial charge in [-0.1, -0.05) is 42.5 Å². The number of thiocarbonyl (C=S) groups is 1. The highest BCUT2D eigenvalue weighted by atomic mass is 32.1. The number of para-hydroxylation sites is 2. The molecule has 1 fully saturated rings. The smallest absolute Gasteiger partial charge is 0.182 e. The molecule has 0 radical (unpaired) electrons. The van der Waals surface area contributed by atoms with Crippen LogP contribution in [0.3, 0.4) is 0 Å². The molecular weight excluding hydrogens is 406 g/mol. The van der Waals surface area contributed by atoms with Gasteiger partial charge in [-0.15, -0.1) is 0 Å². The molecule has 3 aromatic rings. The molecule has 1 heterocycles. The maximum absolute atomic E-state index is 5.90. The zero-order valence-electron chi connectivity index (χ0n) is 17.9. The van der Waals surface area contributed by atoms with Gasteiger partial charge in [-0.2, -0.15) is 0 Å². The zero-order valence-corrected chi connectivity index (χ0v) is 18.7. The van der Waals surface area contributed by atoms with E-state index in [0.29, 0.717) is 0 Å². The first-order valence-corrected chi connectivity index (χ1v) is 10.7. The lowest BCUT2D eigenvalue weighted by Gasteiger charge is -2.44. The van der Waals surface area contributed by atoms with Crippen molar-refractivity contribution >= 4 is 28.7 Å². The maximum atomic E-state index is 5.90. The van der Waals surface area contributed by atoms with Crippen LogP contribution in [-0.2, 0) is 6.42 Å². The van der Waals surface area contributed by atoms with Crippen molar-refractivity contribution in [3.8, 4) is 11.5 Å². The lowest BCUT2D eigenvalue weighted by Crippen LogP contribution is -2.58. The molecule has 0 N–H and O–H groups in total. The predicted octanol–water partition coefficient (Wildman–Crippen LogP) is 4.78. The van der Waals surface area contributed by atoms with Crippen molar-refractivity contribution in [3.05, 3.63) is 84.4 Å². The van der Waals surface area contributed by atoms with Crippen molar-refractivity contribution < 1.29 is 9.47 Å². The number of ether oxygens (including phenoxy) is 2. The van der Waals surface area contributed by atoms with E-state index in [0.717, 1.165) is 54.3 Å². The van der Waals surface area contributed by atoms with Gasteiger partial charge in [0.1, 0.15) is 0 Å². The van der Waals surface area contributed by atoms with Crippen LogP contribution in [0, 0.1) is 0 Å². The monoisotopic (exact) mass is 433 g/mol. The van der Waals surface area contributed by atoms with Crippen LogP contribution >= 0.6 is 12.2 Å². The third-order valence-electron chi connectivity index (χ3n) is 5.45. The van der Waals surface area contributed by atoms with Crippen LogP contribution in [0.2, 0.25) is 0 Å². The number of hydrogen-bond donors (Lipinski definition) is 0. The average Bonchev–Trinajstić information content (AvgIpc) is 2.84. The summed E-state index contributed by atoms with van der Waals surface area (Å²) in [5.74, 6) is 1.51. The van der Waals surface area contributed by atoms with Crippen LogP contribution in [0.4, 0.5) is 11.4 Å². The van der Waals surface area contributed by atoms with E-state index in [1.165, 1.54) is 5.56 Å². The molecule has 0 atom stereocenters. The third kappa shape index (κ3) is 4.81. The summed E-state index contributed by atoms with van der Waals surface area (Å²) >= 11 is 5.90. The van der Waals surface area contributed by atoms with Gasteiger partial charge in [0, 0.05) is 17.9 Å². The zero-order chi connectivity index (χ0) is 21.6. The molecule has 0 amide bonds. The summed E-state index contributed by atoms with van der Waals surface area (Å²) in [6.07, 6.45) is 0.901. The van der Waals surface area contributed by atoms with Gasteiger partial charge in [-0.05, 0) is 60.6 Å². The Morgan fingerprint density at radius 2 is 1.29 bits per heavy atom. The molecule has 3 aromatic carbocycles. The summed E-state index contributed by atoms with van der Waals surface area (Å²) in [5, 5.41) is 0.819. The first-order valence-electron chi connectivity index (χ1n) is 10.3. The maximum Gasteiger partial charge on any atom is 0.182 e. The van der Waals surface area contributed by atoms with Crippen LogP contribution in [0.5, 0.6) is 11.5 Å². The average molecular weight is 434 g/mol. The van der Waals surface area contributed by atoms with Gasteiger partial charge in [0.25, 0.3) is 0 Å². The molecule has 1 aliphatic rings. The largest absolute Gasteiger partial charge is 0.493 e. The summed E-state index contributed by atoms with van der Waals surface area (Å²) in [5.41, 5.74) is 3.41. The van der Waals surface area contributed by atoms with Crippen molar-refractivity contribution in [2.45, 2.75) is 6.42 Å². The molecule has 31 heavy (non-hydrogen) atoms. The van der Waals surface area contributed by atoms with Gasteiger partial charge in [0.15, 0.2) is 16.6 Å². The van der Waals surface area contributed by atoms with E-state index in [1.54, 1.807) is 14.2 Å². The Labute approximate surface area is 189 Å². The van der Waals surface area contributed by atoms with Crippen LogP contribution in [0.25, 0.3) is 0 Å². The van der Waals surface area contributed by atoms with E-state index in [2.05, 4.69) is 51.1 Å². The van der Waals surface area contributed by atoms with Gasteiger partial charge < -0.3 is 19.3 Å². The Hall–Kier alpha value is -3.09. The molecule has 160 valence electrons. The number of methoxy groups -OCH3 is 2. The van der Waals surface area contributed by atoms with E-state index in [1.807, 2.05) is 42.5 Å². The van der Waals surface area contributed by atoms with Crippen LogP contribution < -0.4 is 19.3 Å². The number of hydrogen-bond acceptors (Lipinski definition) is 4. The van der Waals surface area contributed by atoms with E-state index in [9.17, 15) is 0 Å². The molecule has 0 unspecified atom stereocenters. The Bertz CT molecular complexity index is 962. The van der Waals surface area contributed by atoms with Crippen molar-refractivity contribution in [2.24, 2.45) is 0 Å². The number of rotatable bonds is 7. The molecule has 1 saturated heterocycles. The number of anilines is 2. The normalized spacial score (nSPS) is 14.6. The molecule has 0 bridgehead atoms.